The molecule has 124 valence electrons. The molecule has 0 atom stereocenters. The largest absolute Gasteiger partial charge is 0.465 e. The van der Waals surface area contributed by atoms with Crippen molar-refractivity contribution in [3.05, 3.63) is 70.9 Å². The summed E-state index contributed by atoms with van der Waals surface area (Å²) in [6, 6.07) is 15.7. The lowest BCUT2D eigenvalue weighted by Gasteiger charge is -2.13. The Kier molecular flexibility index (Phi) is 4.15. The third-order valence-corrected chi connectivity index (χ3v) is 5.27. The number of aromatic nitrogens is 1. The second kappa shape index (κ2) is 6.61. The van der Waals surface area contributed by atoms with Gasteiger partial charge in [-0.2, -0.15) is 0 Å². The first-order valence-corrected chi connectivity index (χ1v) is 8.86. The first-order valence-electron chi connectivity index (χ1n) is 8.05. The van der Waals surface area contributed by atoms with Crippen LogP contribution in [0.5, 0.6) is 0 Å². The maximum Gasteiger partial charge on any atom is 0.337 e. The molecule has 4 nitrogen and oxygen atoms in total. The van der Waals surface area contributed by atoms with Crippen molar-refractivity contribution in [2.24, 2.45) is 4.99 Å². The lowest BCUT2D eigenvalue weighted by molar-refractivity contribution is 0.0600. The fourth-order valence-electron chi connectivity index (χ4n) is 2.94. The molecular weight excluding hydrogens is 332 g/mol. The van der Waals surface area contributed by atoms with Crippen LogP contribution < -0.4 is 0 Å². The third kappa shape index (κ3) is 3.10. The number of ether oxygens (including phenoxy) is 1. The van der Waals surface area contributed by atoms with E-state index in [0.717, 1.165) is 29.2 Å². The van der Waals surface area contributed by atoms with E-state index in [2.05, 4.69) is 34.2 Å². The lowest BCUT2D eigenvalue weighted by Crippen LogP contribution is -2.01. The van der Waals surface area contributed by atoms with Crippen LogP contribution in [0.25, 0.3) is 10.4 Å². The molecule has 5 heteroatoms. The Balaban J connectivity index is 1.57. The number of esters is 1. The summed E-state index contributed by atoms with van der Waals surface area (Å²) < 4.78 is 4.70. The van der Waals surface area contributed by atoms with Gasteiger partial charge in [-0.3, -0.25) is 0 Å². The van der Waals surface area contributed by atoms with Crippen molar-refractivity contribution in [1.29, 1.82) is 0 Å². The monoisotopic (exact) mass is 348 g/mol. The average molecular weight is 348 g/mol. The molecule has 25 heavy (non-hydrogen) atoms. The van der Waals surface area contributed by atoms with Gasteiger partial charge in [0.15, 0.2) is 0 Å². The molecule has 0 aliphatic heterocycles. The van der Waals surface area contributed by atoms with E-state index in [1.807, 2.05) is 12.1 Å². The van der Waals surface area contributed by atoms with Gasteiger partial charge in [0.2, 0.25) is 5.13 Å². The van der Waals surface area contributed by atoms with Gasteiger partial charge in [0.25, 0.3) is 0 Å². The predicted molar refractivity (Wildman–Crippen MR) is 100.0 cm³/mol. The van der Waals surface area contributed by atoms with E-state index in [1.54, 1.807) is 29.7 Å². The molecule has 1 heterocycles. The van der Waals surface area contributed by atoms with Gasteiger partial charge in [0, 0.05) is 6.21 Å². The number of carbonyl (C=O) groups is 1. The van der Waals surface area contributed by atoms with Gasteiger partial charge < -0.3 is 4.74 Å². The van der Waals surface area contributed by atoms with Crippen LogP contribution in [-0.2, 0) is 17.6 Å². The minimum absolute atomic E-state index is 0.338. The van der Waals surface area contributed by atoms with Crippen LogP contribution in [0.4, 0.5) is 5.13 Å². The number of rotatable bonds is 3. The molecule has 1 aliphatic carbocycles. The Bertz CT molecular complexity index is 958. The maximum atomic E-state index is 11.5. The van der Waals surface area contributed by atoms with Crippen molar-refractivity contribution in [3.63, 3.8) is 0 Å². The molecular formula is C20H16N2O2S. The van der Waals surface area contributed by atoms with Crippen LogP contribution >= 0.6 is 11.3 Å². The first-order chi connectivity index (χ1) is 12.2. The van der Waals surface area contributed by atoms with Crippen molar-refractivity contribution < 1.29 is 9.53 Å². The van der Waals surface area contributed by atoms with Gasteiger partial charge in [-0.25, -0.2) is 14.8 Å². The molecule has 0 amide bonds. The highest BCUT2D eigenvalue weighted by Crippen LogP contribution is 2.40. The van der Waals surface area contributed by atoms with Crippen LogP contribution in [0.2, 0.25) is 0 Å². The summed E-state index contributed by atoms with van der Waals surface area (Å²) in [4.78, 5) is 21.9. The number of nitrogens with zero attached hydrogens (tertiary/aromatic N) is 2. The molecule has 0 N–H and O–H groups in total. The van der Waals surface area contributed by atoms with Gasteiger partial charge in [-0.15, -0.1) is 0 Å². The van der Waals surface area contributed by atoms with E-state index in [1.165, 1.54) is 23.1 Å². The van der Waals surface area contributed by atoms with E-state index < -0.39 is 0 Å². The van der Waals surface area contributed by atoms with Crippen molar-refractivity contribution in [2.75, 3.05) is 7.11 Å². The predicted octanol–water partition coefficient (Wildman–Crippen LogP) is 4.45. The number of methoxy groups -OCH3 is 1. The maximum absolute atomic E-state index is 11.5. The van der Waals surface area contributed by atoms with Crippen LogP contribution in [-0.4, -0.2) is 24.3 Å². The molecule has 0 saturated heterocycles. The molecule has 0 fully saturated rings. The number of benzene rings is 2. The Hall–Kier alpha value is -2.79. The van der Waals surface area contributed by atoms with Crippen LogP contribution in [0, 0.1) is 0 Å². The average Bonchev–Trinajstić information content (AvgIpc) is 3.10. The minimum atomic E-state index is -0.338. The van der Waals surface area contributed by atoms with E-state index in [0.29, 0.717) is 5.56 Å². The van der Waals surface area contributed by atoms with Gasteiger partial charge in [-0.05, 0) is 41.7 Å². The number of hydrogen-bond acceptors (Lipinski definition) is 5. The smallest absolute Gasteiger partial charge is 0.337 e. The van der Waals surface area contributed by atoms with Gasteiger partial charge in [0.05, 0.1) is 23.2 Å². The topological polar surface area (TPSA) is 51.5 Å². The highest BCUT2D eigenvalue weighted by Gasteiger charge is 2.19. The Labute approximate surface area is 149 Å². The number of aryl methyl sites for hydroxylation is 2. The summed E-state index contributed by atoms with van der Waals surface area (Å²) in [5.41, 5.74) is 5.25. The second-order valence-corrected chi connectivity index (χ2v) is 6.78. The minimum Gasteiger partial charge on any atom is -0.465 e. The molecule has 0 saturated carbocycles. The molecule has 0 spiro atoms. The fraction of sp³-hybridized carbons (Fsp3) is 0.150. The summed E-state index contributed by atoms with van der Waals surface area (Å²) in [7, 11) is 1.38. The summed E-state index contributed by atoms with van der Waals surface area (Å²) in [6.45, 7) is 0. The summed E-state index contributed by atoms with van der Waals surface area (Å²) in [5.74, 6) is -0.338. The van der Waals surface area contributed by atoms with Crippen LogP contribution in [0.3, 0.4) is 0 Å². The standard InChI is InChI=1S/C20H16N2O2S/c1-24-19(23)15-8-6-13(7-9-15)12-21-20-22-17-11-10-14-4-2-3-5-16(14)18(17)25-20/h2-9,12H,10-11H2,1H3. The zero-order valence-corrected chi connectivity index (χ0v) is 14.5. The van der Waals surface area contributed by atoms with E-state index in [9.17, 15) is 4.79 Å². The van der Waals surface area contributed by atoms with Crippen molar-refractivity contribution in [2.45, 2.75) is 12.8 Å². The Morgan fingerprint density at radius 2 is 1.96 bits per heavy atom. The SMILES string of the molecule is COC(=O)c1ccc(C=Nc2nc3c(s2)-c2ccccc2CC3)cc1. The number of fused-ring (bicyclic) bond motifs is 3. The second-order valence-electron chi connectivity index (χ2n) is 5.80. The lowest BCUT2D eigenvalue weighted by atomic mass is 9.94. The molecule has 0 radical (unpaired) electrons. The number of hydrogen-bond donors (Lipinski definition) is 0. The number of thiazole rings is 1. The first kappa shape index (κ1) is 15.7. The van der Waals surface area contributed by atoms with E-state index >= 15 is 0 Å². The van der Waals surface area contributed by atoms with Gasteiger partial charge in [0.1, 0.15) is 0 Å². The third-order valence-electron chi connectivity index (χ3n) is 4.24. The van der Waals surface area contributed by atoms with Gasteiger partial charge in [-0.1, -0.05) is 47.7 Å². The number of carbonyl (C=O) groups excluding carboxylic acids is 1. The summed E-state index contributed by atoms with van der Waals surface area (Å²) >= 11 is 1.63. The number of aliphatic imine (C=N–C) groups is 1. The van der Waals surface area contributed by atoms with Crippen molar-refractivity contribution >= 4 is 28.7 Å². The molecule has 0 unspecified atom stereocenters. The molecule has 0 bridgehead atoms. The van der Waals surface area contributed by atoms with Crippen molar-refractivity contribution in [1.82, 2.24) is 4.98 Å². The molecule has 4 rings (SSSR count). The normalized spacial score (nSPS) is 12.7. The molecule has 1 aliphatic rings. The summed E-state index contributed by atoms with van der Waals surface area (Å²) in [5, 5.41) is 0.763. The Morgan fingerprint density at radius 1 is 1.16 bits per heavy atom. The molecule has 1 aromatic heterocycles. The highest BCUT2D eigenvalue weighted by atomic mass is 32.1. The Morgan fingerprint density at radius 3 is 2.76 bits per heavy atom. The summed E-state index contributed by atoms with van der Waals surface area (Å²) in [6.07, 6.45) is 3.77. The highest BCUT2D eigenvalue weighted by molar-refractivity contribution is 7.18. The fourth-order valence-corrected chi connectivity index (χ4v) is 3.96. The zero-order valence-electron chi connectivity index (χ0n) is 13.7. The van der Waals surface area contributed by atoms with Gasteiger partial charge >= 0.3 is 5.97 Å². The van der Waals surface area contributed by atoms with E-state index in [-0.39, 0.29) is 5.97 Å². The molecule has 2 aromatic carbocycles. The molecule has 3 aromatic rings. The van der Waals surface area contributed by atoms with E-state index in [4.69, 9.17) is 4.74 Å². The van der Waals surface area contributed by atoms with Crippen LogP contribution in [0.15, 0.2) is 53.5 Å². The quantitative estimate of drug-likeness (QED) is 0.519. The van der Waals surface area contributed by atoms with Crippen molar-refractivity contribution in [3.8, 4) is 10.4 Å². The van der Waals surface area contributed by atoms with Crippen LogP contribution in [0.1, 0.15) is 27.2 Å². The zero-order chi connectivity index (χ0) is 17.2.